The first-order chi connectivity index (χ1) is 7.74. The molecule has 2 N–H and O–H groups in total. The molecule has 0 aromatic rings. The fourth-order valence-corrected chi connectivity index (χ4v) is 2.58. The van der Waals surface area contributed by atoms with E-state index < -0.39 is 0 Å². The summed E-state index contributed by atoms with van der Waals surface area (Å²) in [5, 5.41) is 6.13. The Labute approximate surface area is 98.4 Å². The van der Waals surface area contributed by atoms with Crippen molar-refractivity contribution >= 4 is 6.03 Å². The first kappa shape index (κ1) is 11.7. The second-order valence-electron chi connectivity index (χ2n) is 5.52. The molecule has 2 amide bonds. The van der Waals surface area contributed by atoms with E-state index in [1.807, 2.05) is 0 Å². The van der Waals surface area contributed by atoms with Gasteiger partial charge in [-0.1, -0.05) is 26.2 Å². The Bertz CT molecular complexity index is 242. The van der Waals surface area contributed by atoms with Gasteiger partial charge in [0, 0.05) is 12.6 Å². The molecule has 2 aliphatic carbocycles. The third kappa shape index (κ3) is 3.13. The number of carbonyl (C=O) groups excluding carboxylic acids is 1. The lowest BCUT2D eigenvalue weighted by molar-refractivity contribution is 0.229. The fraction of sp³-hybridized carbons (Fsp3) is 0.923. The van der Waals surface area contributed by atoms with E-state index in [0.29, 0.717) is 11.5 Å². The molecule has 16 heavy (non-hydrogen) atoms. The van der Waals surface area contributed by atoms with E-state index in [4.69, 9.17) is 0 Å². The monoisotopic (exact) mass is 224 g/mol. The molecule has 0 atom stereocenters. The number of nitrogens with one attached hydrogen (secondary N) is 2. The molecule has 3 heteroatoms. The third-order valence-corrected chi connectivity index (χ3v) is 4.27. The van der Waals surface area contributed by atoms with Crippen LogP contribution < -0.4 is 10.6 Å². The predicted molar refractivity (Wildman–Crippen MR) is 65.4 cm³/mol. The minimum atomic E-state index is 0.0478. The first-order valence-corrected chi connectivity index (χ1v) is 6.78. The molecule has 0 bridgehead atoms. The molecule has 0 aromatic heterocycles. The van der Waals surface area contributed by atoms with Crippen molar-refractivity contribution in [1.82, 2.24) is 10.6 Å². The van der Waals surface area contributed by atoms with Gasteiger partial charge in [-0.05, 0) is 37.5 Å². The molecule has 3 nitrogen and oxygen atoms in total. The maximum Gasteiger partial charge on any atom is 0.315 e. The van der Waals surface area contributed by atoms with Crippen LogP contribution in [0.4, 0.5) is 4.79 Å². The number of urea groups is 1. The van der Waals surface area contributed by atoms with E-state index in [0.717, 1.165) is 19.4 Å². The van der Waals surface area contributed by atoms with Crippen LogP contribution in [0.3, 0.4) is 0 Å². The number of amides is 2. The first-order valence-electron chi connectivity index (χ1n) is 6.78. The van der Waals surface area contributed by atoms with Gasteiger partial charge in [0.1, 0.15) is 0 Å². The highest BCUT2D eigenvalue weighted by Gasteiger charge is 2.40. The van der Waals surface area contributed by atoms with Gasteiger partial charge in [0.2, 0.25) is 0 Å². The molecule has 2 fully saturated rings. The molecule has 0 unspecified atom stereocenters. The number of hydrogen-bond acceptors (Lipinski definition) is 1. The van der Waals surface area contributed by atoms with Gasteiger partial charge in [-0.2, -0.15) is 0 Å². The summed E-state index contributed by atoms with van der Waals surface area (Å²) in [5.74, 6) is 0. The van der Waals surface area contributed by atoms with Crippen LogP contribution in [0.15, 0.2) is 0 Å². The standard InChI is InChI=1S/C13H24N2O/c1-2-13(8-9-13)10-14-12(16)15-11-6-4-3-5-7-11/h11H,2-10H2,1H3,(H2,14,15,16). The SMILES string of the molecule is CCC1(CNC(=O)NC2CCCCC2)CC1. The third-order valence-electron chi connectivity index (χ3n) is 4.27. The average Bonchev–Trinajstić information content (AvgIpc) is 3.09. The average molecular weight is 224 g/mol. The molecule has 0 heterocycles. The second-order valence-corrected chi connectivity index (χ2v) is 5.52. The van der Waals surface area contributed by atoms with Gasteiger partial charge >= 0.3 is 6.03 Å². The van der Waals surface area contributed by atoms with Crippen molar-refractivity contribution in [2.45, 2.75) is 64.3 Å². The van der Waals surface area contributed by atoms with Crippen molar-refractivity contribution in [3.8, 4) is 0 Å². The summed E-state index contributed by atoms with van der Waals surface area (Å²) < 4.78 is 0. The van der Waals surface area contributed by atoms with E-state index in [1.165, 1.54) is 38.5 Å². The predicted octanol–water partition coefficient (Wildman–Crippen LogP) is 2.81. The van der Waals surface area contributed by atoms with Crippen LogP contribution in [0.25, 0.3) is 0 Å². The minimum absolute atomic E-state index is 0.0478. The lowest BCUT2D eigenvalue weighted by Gasteiger charge is -2.23. The van der Waals surface area contributed by atoms with E-state index in [-0.39, 0.29) is 6.03 Å². The summed E-state index contributed by atoms with van der Waals surface area (Å²) in [6, 6.07) is 0.470. The molecule has 0 aromatic carbocycles. The van der Waals surface area contributed by atoms with Gasteiger partial charge in [0.05, 0.1) is 0 Å². The molecule has 2 saturated carbocycles. The summed E-state index contributed by atoms with van der Waals surface area (Å²) in [6.45, 7) is 3.08. The topological polar surface area (TPSA) is 41.1 Å². The van der Waals surface area contributed by atoms with Crippen molar-refractivity contribution in [2.24, 2.45) is 5.41 Å². The summed E-state index contributed by atoms with van der Waals surface area (Å²) >= 11 is 0. The maximum absolute atomic E-state index is 11.7. The highest BCUT2D eigenvalue weighted by molar-refractivity contribution is 5.74. The van der Waals surface area contributed by atoms with Crippen molar-refractivity contribution < 1.29 is 4.79 Å². The quantitative estimate of drug-likeness (QED) is 0.757. The Morgan fingerprint density at radius 1 is 1.25 bits per heavy atom. The molecule has 0 saturated heterocycles. The maximum atomic E-state index is 11.7. The van der Waals surface area contributed by atoms with E-state index >= 15 is 0 Å². The van der Waals surface area contributed by atoms with Crippen molar-refractivity contribution in [1.29, 1.82) is 0 Å². The van der Waals surface area contributed by atoms with E-state index in [1.54, 1.807) is 0 Å². The Kier molecular flexibility index (Phi) is 3.72. The second kappa shape index (κ2) is 5.07. The van der Waals surface area contributed by atoms with E-state index in [2.05, 4.69) is 17.6 Å². The molecular formula is C13H24N2O. The molecule has 92 valence electrons. The highest BCUT2D eigenvalue weighted by Crippen LogP contribution is 2.47. The summed E-state index contributed by atoms with van der Waals surface area (Å²) in [6.07, 6.45) is 9.95. The largest absolute Gasteiger partial charge is 0.338 e. The Morgan fingerprint density at radius 3 is 2.50 bits per heavy atom. The van der Waals surface area contributed by atoms with Gasteiger partial charge < -0.3 is 10.6 Å². The van der Waals surface area contributed by atoms with E-state index in [9.17, 15) is 4.79 Å². The van der Waals surface area contributed by atoms with Crippen LogP contribution in [0.1, 0.15) is 58.3 Å². The zero-order chi connectivity index (χ0) is 11.4. The van der Waals surface area contributed by atoms with Gasteiger partial charge in [-0.3, -0.25) is 0 Å². The zero-order valence-corrected chi connectivity index (χ0v) is 10.3. The molecular weight excluding hydrogens is 200 g/mol. The van der Waals surface area contributed by atoms with Gasteiger partial charge in [0.15, 0.2) is 0 Å². The smallest absolute Gasteiger partial charge is 0.315 e. The number of hydrogen-bond donors (Lipinski definition) is 2. The van der Waals surface area contributed by atoms with Crippen molar-refractivity contribution in [2.75, 3.05) is 6.54 Å². The Morgan fingerprint density at radius 2 is 1.94 bits per heavy atom. The van der Waals surface area contributed by atoms with Gasteiger partial charge in [-0.25, -0.2) is 4.79 Å². The molecule has 2 aliphatic rings. The lowest BCUT2D eigenvalue weighted by Crippen LogP contribution is -2.44. The summed E-state index contributed by atoms with van der Waals surface area (Å²) in [5.41, 5.74) is 0.448. The Balaban J connectivity index is 1.64. The van der Waals surface area contributed by atoms with Gasteiger partial charge in [-0.15, -0.1) is 0 Å². The number of rotatable bonds is 4. The highest BCUT2D eigenvalue weighted by atomic mass is 16.2. The molecule has 0 aliphatic heterocycles. The van der Waals surface area contributed by atoms with Crippen LogP contribution in [-0.2, 0) is 0 Å². The van der Waals surface area contributed by atoms with Crippen LogP contribution in [0.5, 0.6) is 0 Å². The normalized spacial score (nSPS) is 23.8. The van der Waals surface area contributed by atoms with Crippen LogP contribution >= 0.6 is 0 Å². The van der Waals surface area contributed by atoms with Crippen LogP contribution in [0.2, 0.25) is 0 Å². The number of carbonyl (C=O) groups is 1. The fourth-order valence-electron chi connectivity index (χ4n) is 2.58. The minimum Gasteiger partial charge on any atom is -0.338 e. The summed E-state index contributed by atoms with van der Waals surface area (Å²) in [4.78, 5) is 11.7. The van der Waals surface area contributed by atoms with Gasteiger partial charge in [0.25, 0.3) is 0 Å². The molecule has 0 radical (unpaired) electrons. The zero-order valence-electron chi connectivity index (χ0n) is 10.3. The summed E-state index contributed by atoms with van der Waals surface area (Å²) in [7, 11) is 0. The molecule has 2 rings (SSSR count). The van der Waals surface area contributed by atoms with Crippen LogP contribution in [0, 0.1) is 5.41 Å². The molecule has 0 spiro atoms. The Hall–Kier alpha value is -0.730. The van der Waals surface area contributed by atoms with Crippen molar-refractivity contribution in [3.63, 3.8) is 0 Å². The van der Waals surface area contributed by atoms with Crippen molar-refractivity contribution in [3.05, 3.63) is 0 Å². The lowest BCUT2D eigenvalue weighted by atomic mass is 9.96. The van der Waals surface area contributed by atoms with Crippen LogP contribution in [-0.4, -0.2) is 18.6 Å².